The number of anilines is 1. The minimum atomic E-state index is -0.101. The van der Waals surface area contributed by atoms with Crippen LogP contribution in [0.25, 0.3) is 17.0 Å². The fraction of sp³-hybridized carbons (Fsp3) is 0.217. The number of carbonyl (C=O) groups is 2. The molecule has 0 fully saturated rings. The number of pyridine rings is 2. The number of fused-ring (bicyclic) bond motifs is 2. The normalized spacial score (nSPS) is 13.9. The zero-order valence-corrected chi connectivity index (χ0v) is 18.2. The van der Waals surface area contributed by atoms with Crippen molar-refractivity contribution < 1.29 is 9.59 Å². The highest BCUT2D eigenvalue weighted by Gasteiger charge is 2.17. The Kier molecular flexibility index (Phi) is 6.99. The molecule has 0 radical (unpaired) electrons. The lowest BCUT2D eigenvalue weighted by atomic mass is 10.1. The average molecular weight is 438 g/mol. The predicted molar refractivity (Wildman–Crippen MR) is 124 cm³/mol. The van der Waals surface area contributed by atoms with Crippen LogP contribution in [0.2, 0.25) is 0 Å². The second-order valence-electron chi connectivity index (χ2n) is 7.51. The van der Waals surface area contributed by atoms with Crippen LogP contribution in [-0.2, 0) is 22.7 Å². The quantitative estimate of drug-likeness (QED) is 0.634. The first kappa shape index (κ1) is 22.4. The molecule has 0 saturated carbocycles. The molecule has 160 valence electrons. The highest BCUT2D eigenvalue weighted by Crippen LogP contribution is 2.20. The van der Waals surface area contributed by atoms with Crippen LogP contribution in [0.5, 0.6) is 0 Å². The summed E-state index contributed by atoms with van der Waals surface area (Å²) in [6, 6.07) is 11.8. The molecule has 0 aliphatic carbocycles. The Hall–Kier alpha value is -3.29. The van der Waals surface area contributed by atoms with Gasteiger partial charge in [-0.25, -0.2) is 4.98 Å². The predicted octanol–water partition coefficient (Wildman–Crippen LogP) is 3.11. The van der Waals surface area contributed by atoms with Crippen LogP contribution in [0, 0.1) is 0 Å². The lowest BCUT2D eigenvalue weighted by Gasteiger charge is -2.16. The highest BCUT2D eigenvalue weighted by molar-refractivity contribution is 5.93. The van der Waals surface area contributed by atoms with Gasteiger partial charge in [-0.1, -0.05) is 18.2 Å². The molecule has 31 heavy (non-hydrogen) atoms. The van der Waals surface area contributed by atoms with Crippen LogP contribution in [0.4, 0.5) is 5.82 Å². The summed E-state index contributed by atoms with van der Waals surface area (Å²) in [4.78, 5) is 36.7. The van der Waals surface area contributed by atoms with Gasteiger partial charge in [0.1, 0.15) is 5.82 Å². The maximum absolute atomic E-state index is 12.6. The molecule has 1 N–H and O–H groups in total. The van der Waals surface area contributed by atoms with Gasteiger partial charge in [0.2, 0.25) is 11.8 Å². The van der Waals surface area contributed by atoms with E-state index in [1.807, 2.05) is 48.3 Å². The number of halogens is 1. The number of benzene rings is 1. The van der Waals surface area contributed by atoms with Gasteiger partial charge in [0.15, 0.2) is 0 Å². The van der Waals surface area contributed by atoms with Crippen LogP contribution < -0.4 is 5.32 Å². The van der Waals surface area contributed by atoms with E-state index >= 15 is 0 Å². The van der Waals surface area contributed by atoms with Crippen LogP contribution >= 0.6 is 12.4 Å². The number of nitrogens with zero attached hydrogens (tertiary/aromatic N) is 4. The molecular formula is C23H24ClN5O2. The molecule has 2 amide bonds. The topological polar surface area (TPSA) is 78.4 Å². The number of aromatic nitrogens is 2. The van der Waals surface area contributed by atoms with Gasteiger partial charge in [-0.2, -0.15) is 0 Å². The van der Waals surface area contributed by atoms with E-state index in [0.29, 0.717) is 25.5 Å². The minimum absolute atomic E-state index is 0. The van der Waals surface area contributed by atoms with Crippen molar-refractivity contribution in [2.45, 2.75) is 13.1 Å². The summed E-state index contributed by atoms with van der Waals surface area (Å²) in [5, 5.41) is 3.85. The maximum atomic E-state index is 12.6. The third-order valence-electron chi connectivity index (χ3n) is 5.04. The summed E-state index contributed by atoms with van der Waals surface area (Å²) in [6.07, 6.45) is 6.73. The summed E-state index contributed by atoms with van der Waals surface area (Å²) in [6.45, 7) is 1.44. The molecule has 0 spiro atoms. The Bertz CT molecular complexity index is 1140. The smallest absolute Gasteiger partial charge is 0.246 e. The van der Waals surface area contributed by atoms with Crippen LogP contribution in [0.1, 0.15) is 16.7 Å². The van der Waals surface area contributed by atoms with E-state index in [9.17, 15) is 9.59 Å². The first-order valence-corrected chi connectivity index (χ1v) is 9.73. The molecule has 0 saturated heterocycles. The molecule has 2 aromatic heterocycles. The Labute approximate surface area is 187 Å². The van der Waals surface area contributed by atoms with Crippen molar-refractivity contribution in [2.24, 2.45) is 0 Å². The highest BCUT2D eigenvalue weighted by atomic mass is 35.5. The molecule has 0 bridgehead atoms. The molecule has 0 unspecified atom stereocenters. The molecule has 1 aliphatic rings. The van der Waals surface area contributed by atoms with Gasteiger partial charge in [-0.05, 0) is 42.4 Å². The van der Waals surface area contributed by atoms with Crippen molar-refractivity contribution in [3.8, 4) is 0 Å². The minimum Gasteiger partial charge on any atom is -0.338 e. The number of amides is 2. The number of hydrogen-bond acceptors (Lipinski definition) is 5. The Balaban J connectivity index is 0.00000272. The van der Waals surface area contributed by atoms with Gasteiger partial charge in [0.25, 0.3) is 0 Å². The molecule has 0 atom stereocenters. The van der Waals surface area contributed by atoms with E-state index < -0.39 is 0 Å². The van der Waals surface area contributed by atoms with Gasteiger partial charge in [-0.3, -0.25) is 19.5 Å². The monoisotopic (exact) mass is 437 g/mol. The molecule has 8 heteroatoms. The molecule has 3 heterocycles. The van der Waals surface area contributed by atoms with Gasteiger partial charge >= 0.3 is 0 Å². The molecule has 3 aromatic rings. The lowest BCUT2D eigenvalue weighted by Crippen LogP contribution is -2.26. The van der Waals surface area contributed by atoms with Crippen molar-refractivity contribution in [2.75, 3.05) is 26.0 Å². The van der Waals surface area contributed by atoms with Gasteiger partial charge in [0.05, 0.1) is 12.1 Å². The third kappa shape index (κ3) is 5.25. The zero-order valence-electron chi connectivity index (χ0n) is 17.4. The fourth-order valence-electron chi connectivity index (χ4n) is 3.54. The number of rotatable bonds is 4. The largest absolute Gasteiger partial charge is 0.338 e. The molecule has 1 aromatic carbocycles. The molecule has 4 rings (SSSR count). The lowest BCUT2D eigenvalue weighted by molar-refractivity contribution is -0.125. The van der Waals surface area contributed by atoms with Crippen molar-refractivity contribution in [3.05, 3.63) is 71.6 Å². The maximum Gasteiger partial charge on any atom is 0.246 e. The van der Waals surface area contributed by atoms with E-state index in [0.717, 1.165) is 27.6 Å². The number of para-hydroxylation sites is 1. The first-order chi connectivity index (χ1) is 14.5. The summed E-state index contributed by atoms with van der Waals surface area (Å²) in [7, 11) is 3.67. The van der Waals surface area contributed by atoms with Crippen molar-refractivity contribution in [1.29, 1.82) is 0 Å². The summed E-state index contributed by atoms with van der Waals surface area (Å²) in [5.74, 6) is 0.401. The van der Waals surface area contributed by atoms with Crippen LogP contribution in [0.3, 0.4) is 0 Å². The van der Waals surface area contributed by atoms with E-state index in [4.69, 9.17) is 0 Å². The van der Waals surface area contributed by atoms with Crippen LogP contribution in [-0.4, -0.2) is 52.2 Å². The molecule has 7 nitrogen and oxygen atoms in total. The molecule has 1 aliphatic heterocycles. The van der Waals surface area contributed by atoms with Gasteiger partial charge < -0.3 is 10.2 Å². The van der Waals surface area contributed by atoms with E-state index in [1.54, 1.807) is 36.5 Å². The van der Waals surface area contributed by atoms with Gasteiger partial charge in [0, 0.05) is 49.6 Å². The Morgan fingerprint density at radius 2 is 2.03 bits per heavy atom. The van der Waals surface area contributed by atoms with Crippen molar-refractivity contribution in [1.82, 2.24) is 19.8 Å². The van der Waals surface area contributed by atoms with E-state index in [2.05, 4.69) is 15.3 Å². The number of hydrogen-bond donors (Lipinski definition) is 1. The van der Waals surface area contributed by atoms with Crippen molar-refractivity contribution >= 4 is 47.0 Å². The SMILES string of the molecule is CN1CC(=O)Nc2ncc(/C=C/C(=O)N(C)Cc3ccnc4ccccc34)cc2C1.Cl. The van der Waals surface area contributed by atoms with E-state index in [1.165, 1.54) is 0 Å². The second kappa shape index (κ2) is 9.68. The summed E-state index contributed by atoms with van der Waals surface area (Å²) < 4.78 is 0. The zero-order chi connectivity index (χ0) is 21.1. The molecular weight excluding hydrogens is 414 g/mol. The first-order valence-electron chi connectivity index (χ1n) is 9.73. The van der Waals surface area contributed by atoms with Crippen LogP contribution in [0.15, 0.2) is 54.9 Å². The average Bonchev–Trinajstić information content (AvgIpc) is 2.88. The third-order valence-corrected chi connectivity index (χ3v) is 5.04. The van der Waals surface area contributed by atoms with Crippen molar-refractivity contribution in [3.63, 3.8) is 0 Å². The fourth-order valence-corrected chi connectivity index (χ4v) is 3.54. The number of nitrogens with one attached hydrogen (secondary N) is 1. The van der Waals surface area contributed by atoms with Gasteiger partial charge in [-0.15, -0.1) is 12.4 Å². The standard InChI is InChI=1S/C23H23N5O2.ClH/c1-27-13-18-11-16(12-25-23(18)26-21(29)15-27)7-8-22(30)28(2)14-17-9-10-24-20-6-4-3-5-19(17)20;/h3-12H,13-15H2,1-2H3,(H,25,26,29);1H/b8-7+;. The second-order valence-corrected chi connectivity index (χ2v) is 7.51. The summed E-state index contributed by atoms with van der Waals surface area (Å²) in [5.41, 5.74) is 3.71. The Morgan fingerprint density at radius 1 is 1.23 bits per heavy atom. The number of likely N-dealkylation sites (N-methyl/N-ethyl adjacent to an activating group) is 2. The Morgan fingerprint density at radius 3 is 2.87 bits per heavy atom. The number of carbonyl (C=O) groups excluding carboxylic acids is 2. The summed E-state index contributed by atoms with van der Waals surface area (Å²) >= 11 is 0. The van der Waals surface area contributed by atoms with E-state index in [-0.39, 0.29) is 24.2 Å².